The third-order valence-electron chi connectivity index (χ3n) is 3.93. The Kier molecular flexibility index (Phi) is 4.29. The second-order valence-electron chi connectivity index (χ2n) is 6.13. The minimum atomic E-state index is 0.592. The first-order chi connectivity index (χ1) is 12.2. The number of thiazole rings is 1. The molecule has 4 rings (SSSR count). The minimum absolute atomic E-state index is 0.592. The highest BCUT2D eigenvalue weighted by Crippen LogP contribution is 2.23. The Bertz CT molecular complexity index is 957. The first-order valence-corrected chi connectivity index (χ1v) is 8.91. The van der Waals surface area contributed by atoms with E-state index in [0.717, 1.165) is 22.6 Å². The average molecular weight is 350 g/mol. The number of hydrogen-bond donors (Lipinski definition) is 0. The summed E-state index contributed by atoms with van der Waals surface area (Å²) in [6, 6.07) is 16.3. The van der Waals surface area contributed by atoms with Crippen molar-refractivity contribution in [1.82, 2.24) is 20.0 Å². The lowest BCUT2D eigenvalue weighted by Crippen LogP contribution is -2.17. The Morgan fingerprint density at radius 2 is 1.80 bits per heavy atom. The molecule has 0 bridgehead atoms. The van der Waals surface area contributed by atoms with Crippen LogP contribution >= 0.6 is 11.3 Å². The zero-order chi connectivity index (χ0) is 17.2. The molecule has 0 fully saturated rings. The summed E-state index contributed by atoms with van der Waals surface area (Å²) in [6.07, 6.45) is 0. The fourth-order valence-corrected chi connectivity index (χ4v) is 3.69. The summed E-state index contributed by atoms with van der Waals surface area (Å²) < 4.78 is 6.61. The summed E-state index contributed by atoms with van der Waals surface area (Å²) in [5, 5.41) is 5.17. The SMILES string of the molecule is Cc1ccc(-c2noc(CN(C)Cc3nc4ccccc4s3)n2)cc1. The van der Waals surface area contributed by atoms with Crippen LogP contribution < -0.4 is 0 Å². The maximum Gasteiger partial charge on any atom is 0.241 e. The van der Waals surface area contributed by atoms with Gasteiger partial charge in [0.2, 0.25) is 11.7 Å². The molecule has 126 valence electrons. The van der Waals surface area contributed by atoms with Gasteiger partial charge < -0.3 is 4.52 Å². The molecule has 25 heavy (non-hydrogen) atoms. The van der Waals surface area contributed by atoms with Crippen LogP contribution in [0.5, 0.6) is 0 Å². The van der Waals surface area contributed by atoms with Crippen molar-refractivity contribution in [3.05, 3.63) is 65.0 Å². The highest BCUT2D eigenvalue weighted by atomic mass is 32.1. The minimum Gasteiger partial charge on any atom is -0.338 e. The number of aryl methyl sites for hydroxylation is 1. The Hall–Kier alpha value is -2.57. The van der Waals surface area contributed by atoms with Crippen LogP contribution in [0.4, 0.5) is 0 Å². The van der Waals surface area contributed by atoms with Crippen molar-refractivity contribution in [2.75, 3.05) is 7.05 Å². The Morgan fingerprint density at radius 1 is 1.00 bits per heavy atom. The molecule has 0 saturated heterocycles. The van der Waals surface area contributed by atoms with Crippen molar-refractivity contribution in [2.45, 2.75) is 20.0 Å². The fraction of sp³-hybridized carbons (Fsp3) is 0.211. The molecule has 0 atom stereocenters. The van der Waals surface area contributed by atoms with E-state index in [1.54, 1.807) is 11.3 Å². The van der Waals surface area contributed by atoms with Crippen molar-refractivity contribution in [2.24, 2.45) is 0 Å². The maximum absolute atomic E-state index is 5.40. The van der Waals surface area contributed by atoms with Crippen molar-refractivity contribution < 1.29 is 4.52 Å². The van der Waals surface area contributed by atoms with Crippen molar-refractivity contribution in [3.63, 3.8) is 0 Å². The predicted molar refractivity (Wildman–Crippen MR) is 99.3 cm³/mol. The number of para-hydroxylation sites is 1. The maximum atomic E-state index is 5.40. The van der Waals surface area contributed by atoms with Gasteiger partial charge in [-0.25, -0.2) is 4.98 Å². The molecule has 2 aromatic carbocycles. The molecule has 2 heterocycles. The summed E-state index contributed by atoms with van der Waals surface area (Å²) in [4.78, 5) is 11.3. The zero-order valence-electron chi connectivity index (χ0n) is 14.1. The van der Waals surface area contributed by atoms with E-state index in [1.807, 2.05) is 49.5 Å². The fourth-order valence-electron chi connectivity index (χ4n) is 2.64. The van der Waals surface area contributed by atoms with Gasteiger partial charge in [-0.15, -0.1) is 11.3 Å². The van der Waals surface area contributed by atoms with Gasteiger partial charge in [-0.1, -0.05) is 47.1 Å². The van der Waals surface area contributed by atoms with Crippen molar-refractivity contribution in [1.29, 1.82) is 0 Å². The van der Waals surface area contributed by atoms with Crippen LogP contribution in [0.2, 0.25) is 0 Å². The summed E-state index contributed by atoms with van der Waals surface area (Å²) in [5.74, 6) is 1.24. The molecule has 0 unspecified atom stereocenters. The third kappa shape index (κ3) is 3.60. The molecular formula is C19H18N4OS. The number of hydrogen-bond acceptors (Lipinski definition) is 6. The second-order valence-corrected chi connectivity index (χ2v) is 7.24. The quantitative estimate of drug-likeness (QED) is 0.537. The van der Waals surface area contributed by atoms with E-state index < -0.39 is 0 Å². The topological polar surface area (TPSA) is 55.1 Å². The number of rotatable bonds is 5. The monoisotopic (exact) mass is 350 g/mol. The Morgan fingerprint density at radius 3 is 2.60 bits per heavy atom. The molecule has 0 radical (unpaired) electrons. The molecular weight excluding hydrogens is 332 g/mol. The molecule has 0 saturated carbocycles. The Labute approximate surface area is 149 Å². The van der Waals surface area contributed by atoms with E-state index in [9.17, 15) is 0 Å². The summed E-state index contributed by atoms with van der Waals surface area (Å²) in [7, 11) is 2.03. The number of benzene rings is 2. The first kappa shape index (κ1) is 15.9. The van der Waals surface area contributed by atoms with Crippen LogP contribution in [0.1, 0.15) is 16.5 Å². The number of fused-ring (bicyclic) bond motifs is 1. The smallest absolute Gasteiger partial charge is 0.241 e. The normalized spacial score (nSPS) is 11.5. The van der Waals surface area contributed by atoms with Crippen LogP contribution in [0.25, 0.3) is 21.6 Å². The summed E-state index contributed by atoms with van der Waals surface area (Å²) in [6.45, 7) is 3.40. The molecule has 0 spiro atoms. The molecule has 0 N–H and O–H groups in total. The van der Waals surface area contributed by atoms with E-state index >= 15 is 0 Å². The van der Waals surface area contributed by atoms with Crippen LogP contribution in [0.15, 0.2) is 53.1 Å². The van der Waals surface area contributed by atoms with Crippen LogP contribution in [0, 0.1) is 6.92 Å². The van der Waals surface area contributed by atoms with Gasteiger partial charge in [0.1, 0.15) is 5.01 Å². The van der Waals surface area contributed by atoms with Crippen LogP contribution in [-0.4, -0.2) is 27.1 Å². The van der Waals surface area contributed by atoms with E-state index in [1.165, 1.54) is 10.3 Å². The molecule has 5 nitrogen and oxygen atoms in total. The van der Waals surface area contributed by atoms with Crippen molar-refractivity contribution in [3.8, 4) is 11.4 Å². The molecule has 0 aliphatic rings. The average Bonchev–Trinajstić information content (AvgIpc) is 3.21. The van der Waals surface area contributed by atoms with Gasteiger partial charge in [-0.2, -0.15) is 4.98 Å². The molecule has 0 aliphatic heterocycles. The molecule has 0 aliphatic carbocycles. The summed E-state index contributed by atoms with van der Waals surface area (Å²) >= 11 is 1.72. The van der Waals surface area contributed by atoms with Gasteiger partial charge in [-0.3, -0.25) is 4.90 Å². The predicted octanol–water partition coefficient (Wildman–Crippen LogP) is 4.29. The highest BCUT2D eigenvalue weighted by molar-refractivity contribution is 7.18. The van der Waals surface area contributed by atoms with Gasteiger partial charge in [-0.05, 0) is 26.1 Å². The van der Waals surface area contributed by atoms with E-state index in [4.69, 9.17) is 4.52 Å². The lowest BCUT2D eigenvalue weighted by molar-refractivity contribution is 0.260. The van der Waals surface area contributed by atoms with Gasteiger partial charge in [0, 0.05) is 5.56 Å². The number of aromatic nitrogens is 3. The standard InChI is InChI=1S/C19H18N4OS/c1-13-7-9-14(10-8-13)19-21-17(24-22-19)11-23(2)12-18-20-15-5-3-4-6-16(15)25-18/h3-10H,11-12H2,1-2H3. The van der Waals surface area contributed by atoms with E-state index in [2.05, 4.69) is 33.0 Å². The van der Waals surface area contributed by atoms with Gasteiger partial charge in [0.05, 0.1) is 23.3 Å². The van der Waals surface area contributed by atoms with Crippen LogP contribution in [0.3, 0.4) is 0 Å². The first-order valence-electron chi connectivity index (χ1n) is 8.10. The molecule has 0 amide bonds. The van der Waals surface area contributed by atoms with E-state index in [0.29, 0.717) is 18.3 Å². The zero-order valence-corrected chi connectivity index (χ0v) is 15.0. The Balaban J connectivity index is 1.44. The largest absolute Gasteiger partial charge is 0.338 e. The van der Waals surface area contributed by atoms with E-state index in [-0.39, 0.29) is 0 Å². The lowest BCUT2D eigenvalue weighted by atomic mass is 10.1. The molecule has 4 aromatic rings. The lowest BCUT2D eigenvalue weighted by Gasteiger charge is -2.11. The van der Waals surface area contributed by atoms with Gasteiger partial charge >= 0.3 is 0 Å². The van der Waals surface area contributed by atoms with Crippen molar-refractivity contribution >= 4 is 21.6 Å². The highest BCUT2D eigenvalue weighted by Gasteiger charge is 2.12. The van der Waals surface area contributed by atoms with Gasteiger partial charge in [0.25, 0.3) is 0 Å². The molecule has 2 aromatic heterocycles. The third-order valence-corrected chi connectivity index (χ3v) is 4.95. The van der Waals surface area contributed by atoms with Crippen LogP contribution in [-0.2, 0) is 13.1 Å². The van der Waals surface area contributed by atoms with Gasteiger partial charge in [0.15, 0.2) is 0 Å². The second kappa shape index (κ2) is 6.74. The number of nitrogens with zero attached hydrogens (tertiary/aromatic N) is 4. The summed E-state index contributed by atoms with van der Waals surface area (Å²) in [5.41, 5.74) is 3.23. The molecule has 6 heteroatoms.